The molecule has 3 amide bonds. The van der Waals surface area contributed by atoms with Gasteiger partial charge in [0.25, 0.3) is 5.91 Å². The highest BCUT2D eigenvalue weighted by atomic mass is 19.3. The van der Waals surface area contributed by atoms with E-state index in [0.717, 1.165) is 51.4 Å². The van der Waals surface area contributed by atoms with Crippen molar-refractivity contribution in [1.82, 2.24) is 20.9 Å². The number of H-pyrrole nitrogens is 1. The van der Waals surface area contributed by atoms with Crippen molar-refractivity contribution >= 4 is 40.2 Å². The third kappa shape index (κ3) is 7.41. The summed E-state index contributed by atoms with van der Waals surface area (Å²) in [5, 5.41) is 8.84. The predicted molar refractivity (Wildman–Crippen MR) is 169 cm³/mol. The highest BCUT2D eigenvalue weighted by Crippen LogP contribution is 2.44. The summed E-state index contributed by atoms with van der Waals surface area (Å²) in [7, 11) is 0. The monoisotopic (exact) mass is 652 g/mol. The van der Waals surface area contributed by atoms with Gasteiger partial charge in [0.05, 0.1) is 11.7 Å². The van der Waals surface area contributed by atoms with Crippen molar-refractivity contribution in [2.75, 3.05) is 6.54 Å². The van der Waals surface area contributed by atoms with Gasteiger partial charge in [-0.05, 0) is 87.0 Å². The number of ether oxygens (including phenoxy) is 1. The van der Waals surface area contributed by atoms with Crippen LogP contribution in [0.5, 0.6) is 5.75 Å². The molecule has 0 bridgehead atoms. The molecule has 1 aromatic carbocycles. The van der Waals surface area contributed by atoms with Crippen LogP contribution in [0.1, 0.15) is 87.5 Å². The summed E-state index contributed by atoms with van der Waals surface area (Å²) >= 11 is 0. The first kappa shape index (κ1) is 32.8. The number of allylic oxidation sites excluding steroid dienone is 2. The molecule has 2 saturated carbocycles. The molecule has 2 heterocycles. The zero-order valence-electron chi connectivity index (χ0n) is 26.3. The SMILES string of the molecule is O=C(NC1CCCCC1)C(=O)[C@H](C[C@@H]1CCNC1=O)NC(=O)C1CC(C(=O)c2cc3c(OC(F)F)cccc3[nH]2)=CC[C@@H]2CCC[C@H]12. The van der Waals surface area contributed by atoms with Gasteiger partial charge in [-0.15, -0.1) is 0 Å². The number of nitrogens with one attached hydrogen (secondary N) is 4. The number of rotatable bonds is 11. The molecule has 1 aromatic heterocycles. The van der Waals surface area contributed by atoms with Crippen LogP contribution in [0, 0.1) is 23.7 Å². The minimum Gasteiger partial charge on any atom is -0.434 e. The summed E-state index contributed by atoms with van der Waals surface area (Å²) in [6, 6.07) is 4.86. The smallest absolute Gasteiger partial charge is 0.387 e. The Hall–Kier alpha value is -4.09. The van der Waals surface area contributed by atoms with Crippen LogP contribution in [0.2, 0.25) is 0 Å². The highest BCUT2D eigenvalue weighted by molar-refractivity contribution is 6.38. The predicted octanol–water partition coefficient (Wildman–Crippen LogP) is 4.73. The second-order valence-corrected chi connectivity index (χ2v) is 13.5. The van der Waals surface area contributed by atoms with Crippen molar-refractivity contribution in [3.63, 3.8) is 0 Å². The molecule has 4 N–H and O–H groups in total. The van der Waals surface area contributed by atoms with Crippen LogP contribution in [0.25, 0.3) is 10.9 Å². The van der Waals surface area contributed by atoms with Gasteiger partial charge in [0.15, 0.2) is 0 Å². The zero-order valence-corrected chi connectivity index (χ0v) is 26.3. The van der Waals surface area contributed by atoms with Gasteiger partial charge in [-0.2, -0.15) is 8.78 Å². The molecule has 2 aromatic rings. The van der Waals surface area contributed by atoms with Crippen molar-refractivity contribution in [3.05, 3.63) is 41.6 Å². The van der Waals surface area contributed by atoms with Crippen LogP contribution < -0.4 is 20.7 Å². The van der Waals surface area contributed by atoms with Gasteiger partial charge < -0.3 is 25.7 Å². The lowest BCUT2D eigenvalue weighted by Crippen LogP contribution is -2.52. The zero-order chi connectivity index (χ0) is 33.1. The number of carbonyl (C=O) groups excluding carboxylic acids is 5. The molecule has 10 nitrogen and oxygen atoms in total. The van der Waals surface area contributed by atoms with Gasteiger partial charge in [-0.3, -0.25) is 24.0 Å². The Morgan fingerprint density at radius 2 is 1.81 bits per heavy atom. The second kappa shape index (κ2) is 14.4. The van der Waals surface area contributed by atoms with Crippen LogP contribution in [0.15, 0.2) is 35.9 Å². The van der Waals surface area contributed by atoms with E-state index < -0.39 is 42.1 Å². The maximum Gasteiger partial charge on any atom is 0.387 e. The number of aromatic nitrogens is 1. The van der Waals surface area contributed by atoms with E-state index in [2.05, 4.69) is 25.7 Å². The fraction of sp³-hybridized carbons (Fsp3) is 0.571. The summed E-state index contributed by atoms with van der Waals surface area (Å²) in [6.45, 7) is -2.55. The molecule has 12 heteroatoms. The van der Waals surface area contributed by atoms with Gasteiger partial charge in [0.2, 0.25) is 23.4 Å². The second-order valence-electron chi connectivity index (χ2n) is 13.5. The first-order valence-electron chi connectivity index (χ1n) is 16.9. The van der Waals surface area contributed by atoms with Gasteiger partial charge in [-0.25, -0.2) is 0 Å². The van der Waals surface area contributed by atoms with E-state index in [0.29, 0.717) is 35.9 Å². The third-order valence-electron chi connectivity index (χ3n) is 10.5. The van der Waals surface area contributed by atoms with Crippen molar-refractivity contribution in [2.45, 2.75) is 95.7 Å². The standard InChI is InChI=1S/C35H42F2N4O6/c36-35(37)47-29-11-5-10-26-25(29)18-28(40-26)30(42)20-13-12-19-6-4-9-23(19)24(16-20)33(45)41-27(17-21-14-15-38-32(21)44)31(43)34(46)39-22-7-2-1-3-8-22/h5,10-11,13,18-19,21-24,27,35,40H,1-4,6-9,12,14-17H2,(H,38,44)(H,39,46)(H,41,45)/t19-,21-,23-,24?,27-/m0/s1. The molecular weight excluding hydrogens is 610 g/mol. The average molecular weight is 653 g/mol. The average Bonchev–Trinajstić information content (AvgIpc) is 3.78. The molecule has 3 aliphatic carbocycles. The molecule has 4 aliphatic rings. The van der Waals surface area contributed by atoms with Crippen LogP contribution in [-0.4, -0.2) is 59.5 Å². The Balaban J connectivity index is 1.22. The Morgan fingerprint density at radius 3 is 2.55 bits per heavy atom. The minimum absolute atomic E-state index is 0.0214. The summed E-state index contributed by atoms with van der Waals surface area (Å²) in [6.07, 6.45) is 10.4. The van der Waals surface area contributed by atoms with Crippen molar-refractivity contribution in [3.8, 4) is 5.75 Å². The molecule has 47 heavy (non-hydrogen) atoms. The van der Waals surface area contributed by atoms with Crippen molar-refractivity contribution in [2.24, 2.45) is 23.7 Å². The summed E-state index contributed by atoms with van der Waals surface area (Å²) in [4.78, 5) is 70.2. The number of hydrogen-bond acceptors (Lipinski definition) is 6. The third-order valence-corrected chi connectivity index (χ3v) is 10.5. The quantitative estimate of drug-likeness (QED) is 0.204. The molecule has 3 fully saturated rings. The van der Waals surface area contributed by atoms with Crippen LogP contribution >= 0.6 is 0 Å². The molecule has 6 rings (SSSR count). The fourth-order valence-electron chi connectivity index (χ4n) is 8.07. The lowest BCUT2D eigenvalue weighted by atomic mass is 9.80. The molecular formula is C35H42F2N4O6. The highest BCUT2D eigenvalue weighted by Gasteiger charge is 2.42. The summed E-state index contributed by atoms with van der Waals surface area (Å²) < 4.78 is 30.6. The van der Waals surface area contributed by atoms with E-state index in [1.165, 1.54) is 12.1 Å². The van der Waals surface area contributed by atoms with Crippen LogP contribution in [0.3, 0.4) is 0 Å². The van der Waals surface area contributed by atoms with E-state index in [9.17, 15) is 32.8 Å². The van der Waals surface area contributed by atoms with Crippen molar-refractivity contribution < 1.29 is 37.5 Å². The van der Waals surface area contributed by atoms with Gasteiger partial charge in [0.1, 0.15) is 5.75 Å². The lowest BCUT2D eigenvalue weighted by molar-refractivity contribution is -0.141. The Bertz CT molecular complexity index is 1560. The molecule has 0 spiro atoms. The van der Waals surface area contributed by atoms with Crippen LogP contribution in [-0.2, 0) is 19.2 Å². The minimum atomic E-state index is -3.02. The number of ketones is 2. The lowest BCUT2D eigenvalue weighted by Gasteiger charge is -2.29. The molecule has 1 unspecified atom stereocenters. The first-order chi connectivity index (χ1) is 22.7. The molecule has 1 saturated heterocycles. The number of alkyl halides is 2. The molecule has 5 atom stereocenters. The topological polar surface area (TPSA) is 146 Å². The molecule has 252 valence electrons. The number of Topliss-reactive ketones (excluding diaryl/α,β-unsaturated/α-hetero) is 2. The first-order valence-corrected chi connectivity index (χ1v) is 16.9. The number of halogens is 2. The summed E-state index contributed by atoms with van der Waals surface area (Å²) in [5.41, 5.74) is 1.09. The van der Waals surface area contributed by atoms with E-state index in [1.54, 1.807) is 12.1 Å². The Kier molecular flexibility index (Phi) is 10.0. The van der Waals surface area contributed by atoms with E-state index in [-0.39, 0.29) is 53.9 Å². The number of amides is 3. The number of fused-ring (bicyclic) bond motifs is 2. The Morgan fingerprint density at radius 1 is 1.00 bits per heavy atom. The number of benzene rings is 1. The van der Waals surface area contributed by atoms with Gasteiger partial charge in [-0.1, -0.05) is 37.8 Å². The number of hydrogen-bond donors (Lipinski definition) is 4. The molecule has 0 radical (unpaired) electrons. The normalized spacial score (nSPS) is 25.4. The number of aromatic amines is 1. The Labute approximate surface area is 271 Å². The van der Waals surface area contributed by atoms with Gasteiger partial charge in [0, 0.05) is 35.3 Å². The summed E-state index contributed by atoms with van der Waals surface area (Å²) in [5.74, 6) is -3.48. The van der Waals surface area contributed by atoms with Crippen LogP contribution in [0.4, 0.5) is 8.78 Å². The maximum absolute atomic E-state index is 14.1. The van der Waals surface area contributed by atoms with Crippen molar-refractivity contribution in [1.29, 1.82) is 0 Å². The van der Waals surface area contributed by atoms with Gasteiger partial charge >= 0.3 is 6.61 Å². The van der Waals surface area contributed by atoms with E-state index in [4.69, 9.17) is 0 Å². The fourth-order valence-corrected chi connectivity index (χ4v) is 8.07. The largest absolute Gasteiger partial charge is 0.434 e. The van der Waals surface area contributed by atoms with E-state index in [1.807, 2.05) is 6.08 Å². The number of carbonyl (C=O) groups is 5. The maximum atomic E-state index is 14.1. The molecule has 1 aliphatic heterocycles. The van der Waals surface area contributed by atoms with E-state index >= 15 is 0 Å².